The fourth-order valence-corrected chi connectivity index (χ4v) is 1.92. The van der Waals surface area contributed by atoms with Gasteiger partial charge in [0.05, 0.1) is 5.54 Å². The molecule has 3 nitrogen and oxygen atoms in total. The number of nitrogens with two attached hydrogens (primary N) is 1. The minimum Gasteiger partial charge on any atom is -0.508 e. The van der Waals surface area contributed by atoms with Crippen molar-refractivity contribution in [2.75, 3.05) is 0 Å². The molecule has 16 heavy (non-hydrogen) atoms. The number of hydrogen-bond donors (Lipinski definition) is 2. The van der Waals surface area contributed by atoms with E-state index in [0.29, 0.717) is 18.8 Å². The van der Waals surface area contributed by atoms with Crippen LogP contribution in [0.25, 0.3) is 0 Å². The smallest absolute Gasteiger partial charge is 0.140 e. The second-order valence-electron chi connectivity index (χ2n) is 4.79. The van der Waals surface area contributed by atoms with Gasteiger partial charge in [0, 0.05) is 0 Å². The first-order chi connectivity index (χ1) is 7.45. The Hall–Kier alpha value is -1.35. The number of aromatic hydroxyl groups is 1. The van der Waals surface area contributed by atoms with Gasteiger partial charge in [-0.3, -0.25) is 0 Å². The monoisotopic (exact) mass is 221 g/mol. The van der Waals surface area contributed by atoms with Gasteiger partial charge in [0.15, 0.2) is 0 Å². The summed E-state index contributed by atoms with van der Waals surface area (Å²) in [6.07, 6.45) is 2.01. The highest BCUT2D eigenvalue weighted by molar-refractivity contribution is 5.64. The lowest BCUT2D eigenvalue weighted by molar-refractivity contribution is -0.112. The first-order valence-corrected chi connectivity index (χ1v) is 5.48. The van der Waals surface area contributed by atoms with Gasteiger partial charge in [-0.1, -0.05) is 26.0 Å². The number of hydrogen-bond acceptors (Lipinski definition) is 3. The topological polar surface area (TPSA) is 63.3 Å². The highest BCUT2D eigenvalue weighted by atomic mass is 16.3. The van der Waals surface area contributed by atoms with E-state index in [2.05, 4.69) is 0 Å². The van der Waals surface area contributed by atoms with Gasteiger partial charge in [0.25, 0.3) is 0 Å². The Morgan fingerprint density at radius 2 is 1.94 bits per heavy atom. The van der Waals surface area contributed by atoms with Crippen molar-refractivity contribution in [3.05, 3.63) is 29.8 Å². The molecule has 0 aliphatic carbocycles. The molecule has 0 aromatic heterocycles. The maximum Gasteiger partial charge on any atom is 0.140 e. The van der Waals surface area contributed by atoms with Gasteiger partial charge >= 0.3 is 0 Å². The predicted molar refractivity (Wildman–Crippen MR) is 64.2 cm³/mol. The van der Waals surface area contributed by atoms with Crippen LogP contribution in [0.1, 0.15) is 25.8 Å². The highest BCUT2D eigenvalue weighted by Gasteiger charge is 2.25. The molecule has 1 aromatic rings. The Balaban J connectivity index is 2.76. The van der Waals surface area contributed by atoms with E-state index in [4.69, 9.17) is 10.8 Å². The lowest BCUT2D eigenvalue weighted by Crippen LogP contribution is -2.45. The van der Waals surface area contributed by atoms with Gasteiger partial charge in [-0.2, -0.15) is 0 Å². The fraction of sp³-hybridized carbons (Fsp3) is 0.462. The van der Waals surface area contributed by atoms with Crippen molar-refractivity contribution >= 4 is 6.29 Å². The molecule has 0 heterocycles. The van der Waals surface area contributed by atoms with E-state index in [1.807, 2.05) is 13.8 Å². The van der Waals surface area contributed by atoms with Crippen LogP contribution in [0.2, 0.25) is 0 Å². The summed E-state index contributed by atoms with van der Waals surface area (Å²) in [6.45, 7) is 4.09. The second-order valence-corrected chi connectivity index (χ2v) is 4.79. The van der Waals surface area contributed by atoms with Gasteiger partial charge in [-0.25, -0.2) is 0 Å². The lowest BCUT2D eigenvalue weighted by Gasteiger charge is -2.25. The summed E-state index contributed by atoms with van der Waals surface area (Å²) < 4.78 is 0. The minimum atomic E-state index is -0.800. The number of phenols is 1. The Labute approximate surface area is 96.3 Å². The molecular weight excluding hydrogens is 202 g/mol. The third-order valence-electron chi connectivity index (χ3n) is 2.49. The fourth-order valence-electron chi connectivity index (χ4n) is 1.92. The van der Waals surface area contributed by atoms with Crippen LogP contribution in [-0.4, -0.2) is 16.9 Å². The van der Waals surface area contributed by atoms with Crippen molar-refractivity contribution in [2.24, 2.45) is 11.7 Å². The van der Waals surface area contributed by atoms with Crippen molar-refractivity contribution in [2.45, 2.75) is 32.2 Å². The van der Waals surface area contributed by atoms with Gasteiger partial charge < -0.3 is 15.6 Å². The Bertz CT molecular complexity index is 345. The van der Waals surface area contributed by atoms with Gasteiger partial charge in [0.1, 0.15) is 12.0 Å². The molecule has 0 aliphatic heterocycles. The maximum atomic E-state index is 11.1. The molecule has 0 amide bonds. The molecule has 3 heteroatoms. The summed E-state index contributed by atoms with van der Waals surface area (Å²) >= 11 is 0. The molecule has 0 fully saturated rings. The first kappa shape index (κ1) is 12.7. The largest absolute Gasteiger partial charge is 0.508 e. The van der Waals surface area contributed by atoms with Crippen molar-refractivity contribution in [1.29, 1.82) is 0 Å². The summed E-state index contributed by atoms with van der Waals surface area (Å²) in [5.41, 5.74) is 6.20. The highest BCUT2D eigenvalue weighted by Crippen LogP contribution is 2.19. The van der Waals surface area contributed by atoms with E-state index in [1.165, 1.54) is 0 Å². The van der Waals surface area contributed by atoms with E-state index in [1.54, 1.807) is 24.3 Å². The zero-order valence-corrected chi connectivity index (χ0v) is 9.81. The molecule has 0 aliphatic rings. The molecule has 0 saturated heterocycles. The van der Waals surface area contributed by atoms with Crippen LogP contribution in [-0.2, 0) is 11.2 Å². The molecule has 1 rings (SSSR count). The number of aldehydes is 1. The zero-order valence-electron chi connectivity index (χ0n) is 9.81. The average molecular weight is 221 g/mol. The van der Waals surface area contributed by atoms with Crippen molar-refractivity contribution in [3.8, 4) is 5.75 Å². The molecule has 3 N–H and O–H groups in total. The van der Waals surface area contributed by atoms with Crippen LogP contribution < -0.4 is 5.73 Å². The van der Waals surface area contributed by atoms with Gasteiger partial charge in [-0.15, -0.1) is 0 Å². The molecule has 0 saturated carbocycles. The van der Waals surface area contributed by atoms with Crippen LogP contribution in [0.5, 0.6) is 5.75 Å². The zero-order chi connectivity index (χ0) is 12.2. The van der Waals surface area contributed by atoms with E-state index in [0.717, 1.165) is 11.8 Å². The molecule has 1 aromatic carbocycles. The Kier molecular flexibility index (Phi) is 4.07. The molecule has 0 radical (unpaired) electrons. The number of carbonyl (C=O) groups excluding carboxylic acids is 1. The van der Waals surface area contributed by atoms with Crippen molar-refractivity contribution in [3.63, 3.8) is 0 Å². The number of benzene rings is 1. The molecule has 0 spiro atoms. The summed E-state index contributed by atoms with van der Waals surface area (Å²) in [5, 5.41) is 9.16. The van der Waals surface area contributed by atoms with E-state index in [9.17, 15) is 4.79 Å². The summed E-state index contributed by atoms with van der Waals surface area (Å²) in [4.78, 5) is 11.1. The van der Waals surface area contributed by atoms with Crippen LogP contribution in [0.4, 0.5) is 0 Å². The van der Waals surface area contributed by atoms with Crippen LogP contribution in [0.3, 0.4) is 0 Å². The molecular formula is C13H19NO2. The number of phenolic OH excluding ortho intramolecular Hbond substituents is 1. The summed E-state index contributed by atoms with van der Waals surface area (Å²) in [6, 6.07) is 6.80. The maximum absolute atomic E-state index is 11.1. The van der Waals surface area contributed by atoms with Crippen LogP contribution in [0.15, 0.2) is 24.3 Å². The normalized spacial score (nSPS) is 14.8. The van der Waals surface area contributed by atoms with Crippen LogP contribution in [0, 0.1) is 5.92 Å². The molecule has 1 atom stereocenters. The quantitative estimate of drug-likeness (QED) is 0.746. The third kappa shape index (κ3) is 3.66. The number of rotatable bonds is 5. The van der Waals surface area contributed by atoms with Crippen molar-refractivity contribution < 1.29 is 9.90 Å². The number of carbonyl (C=O) groups is 1. The van der Waals surface area contributed by atoms with E-state index >= 15 is 0 Å². The Morgan fingerprint density at radius 3 is 2.38 bits per heavy atom. The molecule has 0 bridgehead atoms. The molecule has 88 valence electrons. The van der Waals surface area contributed by atoms with Crippen LogP contribution >= 0.6 is 0 Å². The van der Waals surface area contributed by atoms with Crippen molar-refractivity contribution in [1.82, 2.24) is 0 Å². The predicted octanol–water partition coefficient (Wildman–Crippen LogP) is 1.88. The Morgan fingerprint density at radius 1 is 1.38 bits per heavy atom. The summed E-state index contributed by atoms with van der Waals surface area (Å²) in [5.74, 6) is 0.605. The van der Waals surface area contributed by atoms with E-state index < -0.39 is 5.54 Å². The van der Waals surface area contributed by atoms with Gasteiger partial charge in [-0.05, 0) is 36.5 Å². The first-order valence-electron chi connectivity index (χ1n) is 5.48. The van der Waals surface area contributed by atoms with Gasteiger partial charge in [0.2, 0.25) is 0 Å². The second kappa shape index (κ2) is 5.12. The standard InChI is InChI=1S/C13H19NO2/c1-10(2)7-13(14,9-15)8-11-3-5-12(16)6-4-11/h3-6,9-10,16H,7-8,14H2,1-2H3/t13-/m0/s1. The minimum absolute atomic E-state index is 0.223. The summed E-state index contributed by atoms with van der Waals surface area (Å²) in [7, 11) is 0. The third-order valence-corrected chi connectivity index (χ3v) is 2.49. The molecule has 0 unspecified atom stereocenters. The lowest BCUT2D eigenvalue weighted by atomic mass is 9.85. The van der Waals surface area contributed by atoms with E-state index in [-0.39, 0.29) is 5.75 Å². The average Bonchev–Trinajstić information content (AvgIpc) is 2.20. The SMILES string of the molecule is CC(C)C[C@@](N)(C=O)Cc1ccc(O)cc1.